The molecule has 1 atom stereocenters. The fraction of sp³-hybridized carbons (Fsp3) is 0.500. The molecular weight excluding hydrogens is 282 g/mol. The number of aliphatic hydroxyl groups excluding tert-OH is 1. The van der Waals surface area contributed by atoms with Crippen LogP contribution in [0.2, 0.25) is 0 Å². The van der Waals surface area contributed by atoms with Crippen LogP contribution >= 0.6 is 0 Å². The molecule has 0 amide bonds. The first-order valence-corrected chi connectivity index (χ1v) is 7.76. The van der Waals surface area contributed by atoms with E-state index in [1.54, 1.807) is 12.1 Å². The van der Waals surface area contributed by atoms with Crippen LogP contribution in [0.3, 0.4) is 0 Å². The molecule has 0 aromatic heterocycles. The molecule has 1 aliphatic rings. The Morgan fingerprint density at radius 1 is 1.55 bits per heavy atom. The number of anilines is 2. The SMILES string of the molecule is CNS(=O)(=O)c1ccc(N2CCOC(CO)C2)cc1N. The Balaban J connectivity index is 2.25. The number of morpholine rings is 1. The van der Waals surface area contributed by atoms with Gasteiger partial charge >= 0.3 is 0 Å². The fourth-order valence-electron chi connectivity index (χ4n) is 2.15. The van der Waals surface area contributed by atoms with E-state index in [4.69, 9.17) is 15.6 Å². The van der Waals surface area contributed by atoms with Gasteiger partial charge in [0.25, 0.3) is 0 Å². The normalized spacial score (nSPS) is 20.1. The van der Waals surface area contributed by atoms with E-state index < -0.39 is 10.0 Å². The lowest BCUT2D eigenvalue weighted by molar-refractivity contribution is 0.00357. The first-order chi connectivity index (χ1) is 9.47. The maximum Gasteiger partial charge on any atom is 0.242 e. The smallest absolute Gasteiger partial charge is 0.242 e. The summed E-state index contributed by atoms with van der Waals surface area (Å²) in [6, 6.07) is 4.82. The van der Waals surface area contributed by atoms with Crippen LogP contribution in [0.15, 0.2) is 23.1 Å². The molecule has 1 aromatic carbocycles. The van der Waals surface area contributed by atoms with E-state index in [0.29, 0.717) is 19.7 Å². The lowest BCUT2D eigenvalue weighted by Gasteiger charge is -2.34. The van der Waals surface area contributed by atoms with Crippen molar-refractivity contribution in [1.29, 1.82) is 0 Å². The molecule has 2 rings (SSSR count). The number of hydrogen-bond acceptors (Lipinski definition) is 6. The van der Waals surface area contributed by atoms with Gasteiger partial charge in [-0.25, -0.2) is 13.1 Å². The predicted molar refractivity (Wildman–Crippen MR) is 76.1 cm³/mol. The highest BCUT2D eigenvalue weighted by Gasteiger charge is 2.22. The highest BCUT2D eigenvalue weighted by atomic mass is 32.2. The molecule has 1 saturated heterocycles. The minimum atomic E-state index is -3.55. The second-order valence-electron chi connectivity index (χ2n) is 4.55. The molecule has 0 aliphatic carbocycles. The lowest BCUT2D eigenvalue weighted by Crippen LogP contribution is -2.44. The molecule has 0 saturated carbocycles. The number of aliphatic hydroxyl groups is 1. The molecule has 20 heavy (non-hydrogen) atoms. The average Bonchev–Trinajstić information content (AvgIpc) is 2.47. The van der Waals surface area contributed by atoms with Crippen molar-refractivity contribution in [2.45, 2.75) is 11.0 Å². The summed E-state index contributed by atoms with van der Waals surface area (Å²) in [6.45, 7) is 1.70. The molecule has 4 N–H and O–H groups in total. The van der Waals surface area contributed by atoms with E-state index in [1.807, 2.05) is 4.90 Å². The average molecular weight is 301 g/mol. The topological polar surface area (TPSA) is 105 Å². The van der Waals surface area contributed by atoms with Crippen LogP contribution in [0, 0.1) is 0 Å². The molecule has 1 fully saturated rings. The van der Waals surface area contributed by atoms with Crippen molar-refractivity contribution in [3.63, 3.8) is 0 Å². The van der Waals surface area contributed by atoms with Crippen molar-refractivity contribution in [3.8, 4) is 0 Å². The molecule has 0 spiro atoms. The second-order valence-corrected chi connectivity index (χ2v) is 6.41. The summed E-state index contributed by atoms with van der Waals surface area (Å²) in [5.74, 6) is 0. The third kappa shape index (κ3) is 3.04. The van der Waals surface area contributed by atoms with Gasteiger partial charge in [-0.15, -0.1) is 0 Å². The standard InChI is InChI=1S/C12H19N3O4S/c1-14-20(17,18)12-3-2-9(6-11(12)13)15-4-5-19-10(7-15)8-16/h2-3,6,10,14,16H,4-5,7-8,13H2,1H3. The van der Waals surface area contributed by atoms with Crippen LogP contribution in [0.1, 0.15) is 0 Å². The van der Waals surface area contributed by atoms with Crippen LogP contribution in [0.4, 0.5) is 11.4 Å². The van der Waals surface area contributed by atoms with Crippen molar-refractivity contribution in [1.82, 2.24) is 4.72 Å². The van der Waals surface area contributed by atoms with E-state index in [-0.39, 0.29) is 23.3 Å². The fourth-order valence-corrected chi connectivity index (χ4v) is 2.99. The van der Waals surface area contributed by atoms with Crippen molar-refractivity contribution < 1.29 is 18.3 Å². The number of nitrogens with two attached hydrogens (primary N) is 1. The van der Waals surface area contributed by atoms with Crippen LogP contribution in [-0.4, -0.2) is 53.0 Å². The summed E-state index contributed by atoms with van der Waals surface area (Å²) in [5.41, 5.74) is 6.85. The number of hydrogen-bond donors (Lipinski definition) is 3. The van der Waals surface area contributed by atoms with E-state index in [9.17, 15) is 8.42 Å². The van der Waals surface area contributed by atoms with Crippen molar-refractivity contribution in [3.05, 3.63) is 18.2 Å². The Labute approximate surface area is 118 Å². The summed E-state index contributed by atoms with van der Waals surface area (Å²) in [4.78, 5) is 2.08. The predicted octanol–water partition coefficient (Wildman–Crippen LogP) is -0.626. The van der Waals surface area contributed by atoms with Crippen molar-refractivity contribution in [2.75, 3.05) is 44.0 Å². The lowest BCUT2D eigenvalue weighted by atomic mass is 10.2. The van der Waals surface area contributed by atoms with E-state index in [1.165, 1.54) is 13.1 Å². The van der Waals surface area contributed by atoms with Gasteiger partial charge in [0.15, 0.2) is 0 Å². The molecule has 1 unspecified atom stereocenters. The summed E-state index contributed by atoms with van der Waals surface area (Å²) < 4.78 is 31.1. The molecular formula is C12H19N3O4S. The zero-order valence-corrected chi connectivity index (χ0v) is 12.1. The Bertz CT molecular complexity index is 576. The summed E-state index contributed by atoms with van der Waals surface area (Å²) in [7, 11) is -2.21. The Hall–Kier alpha value is -1.35. The Morgan fingerprint density at radius 3 is 2.90 bits per heavy atom. The quantitative estimate of drug-likeness (QED) is 0.640. The minimum Gasteiger partial charge on any atom is -0.398 e. The molecule has 112 valence electrons. The Kier molecular flexibility index (Phi) is 4.48. The van der Waals surface area contributed by atoms with Gasteiger partial charge in [0.05, 0.1) is 25.0 Å². The van der Waals surface area contributed by atoms with Gasteiger partial charge in [-0.2, -0.15) is 0 Å². The van der Waals surface area contributed by atoms with Gasteiger partial charge in [0.2, 0.25) is 10.0 Å². The number of nitrogens with one attached hydrogen (secondary N) is 1. The van der Waals surface area contributed by atoms with Crippen LogP contribution in [0.5, 0.6) is 0 Å². The summed E-state index contributed by atoms with van der Waals surface area (Å²) >= 11 is 0. The molecule has 7 nitrogen and oxygen atoms in total. The zero-order valence-electron chi connectivity index (χ0n) is 11.2. The first-order valence-electron chi connectivity index (χ1n) is 6.28. The molecule has 1 heterocycles. The van der Waals surface area contributed by atoms with E-state index >= 15 is 0 Å². The third-order valence-electron chi connectivity index (χ3n) is 3.26. The molecule has 1 aromatic rings. The van der Waals surface area contributed by atoms with Gasteiger partial charge in [-0.1, -0.05) is 0 Å². The molecule has 1 aliphatic heterocycles. The summed E-state index contributed by atoms with van der Waals surface area (Å²) in [6.07, 6.45) is -0.231. The second kappa shape index (κ2) is 5.96. The monoisotopic (exact) mass is 301 g/mol. The van der Waals surface area contributed by atoms with Crippen LogP contribution in [0.25, 0.3) is 0 Å². The van der Waals surface area contributed by atoms with Crippen molar-refractivity contribution in [2.24, 2.45) is 0 Å². The number of rotatable bonds is 4. The van der Waals surface area contributed by atoms with Gasteiger partial charge in [-0.05, 0) is 25.2 Å². The van der Waals surface area contributed by atoms with Gasteiger partial charge in [0, 0.05) is 18.8 Å². The van der Waals surface area contributed by atoms with Crippen molar-refractivity contribution >= 4 is 21.4 Å². The number of ether oxygens (including phenoxy) is 1. The molecule has 8 heteroatoms. The van der Waals surface area contributed by atoms with Gasteiger partial charge < -0.3 is 20.5 Å². The van der Waals surface area contributed by atoms with E-state index in [2.05, 4.69) is 4.72 Å². The zero-order chi connectivity index (χ0) is 14.8. The van der Waals surface area contributed by atoms with Crippen LogP contribution < -0.4 is 15.4 Å². The minimum absolute atomic E-state index is 0.0435. The van der Waals surface area contributed by atoms with E-state index in [0.717, 1.165) is 5.69 Å². The maximum absolute atomic E-state index is 11.7. The Morgan fingerprint density at radius 2 is 2.30 bits per heavy atom. The number of sulfonamides is 1. The maximum atomic E-state index is 11.7. The molecule has 0 radical (unpaired) electrons. The highest BCUT2D eigenvalue weighted by molar-refractivity contribution is 7.89. The number of nitrogens with zero attached hydrogens (tertiary/aromatic N) is 1. The summed E-state index contributed by atoms with van der Waals surface area (Å²) in [5, 5.41) is 9.13. The van der Waals surface area contributed by atoms with Crippen LogP contribution in [-0.2, 0) is 14.8 Å². The molecule has 0 bridgehead atoms. The van der Waals surface area contributed by atoms with Gasteiger partial charge in [0.1, 0.15) is 4.90 Å². The number of benzene rings is 1. The third-order valence-corrected chi connectivity index (χ3v) is 4.75. The first kappa shape index (κ1) is 15.0. The van der Waals surface area contributed by atoms with Gasteiger partial charge in [-0.3, -0.25) is 0 Å². The number of nitrogen functional groups attached to an aromatic ring is 1. The highest BCUT2D eigenvalue weighted by Crippen LogP contribution is 2.26. The largest absolute Gasteiger partial charge is 0.398 e.